The number of aromatic nitrogens is 2. The van der Waals surface area contributed by atoms with Gasteiger partial charge in [0.1, 0.15) is 5.82 Å². The average molecular weight is 383 g/mol. The zero-order chi connectivity index (χ0) is 19.2. The normalized spacial score (nSPS) is 10.3. The summed E-state index contributed by atoms with van der Waals surface area (Å²) >= 11 is 6.16. The fourth-order valence-electron chi connectivity index (χ4n) is 2.47. The number of halogens is 1. The van der Waals surface area contributed by atoms with Crippen molar-refractivity contribution in [3.63, 3.8) is 0 Å². The Kier molecular flexibility index (Phi) is 5.88. The van der Waals surface area contributed by atoms with Crippen LogP contribution in [-0.2, 0) is 4.74 Å². The number of anilines is 4. The molecule has 1 heterocycles. The Hall–Kier alpha value is -3.12. The van der Waals surface area contributed by atoms with Gasteiger partial charge < -0.3 is 15.4 Å². The molecule has 0 bridgehead atoms. The third-order valence-corrected chi connectivity index (χ3v) is 4.26. The Morgan fingerprint density at radius 1 is 1.07 bits per heavy atom. The van der Waals surface area contributed by atoms with Gasteiger partial charge in [-0.05, 0) is 49.7 Å². The number of nitrogens with zero attached hydrogens (tertiary/aromatic N) is 2. The number of hydrogen-bond acceptors (Lipinski definition) is 6. The van der Waals surface area contributed by atoms with Gasteiger partial charge in [-0.1, -0.05) is 29.8 Å². The molecule has 0 saturated heterocycles. The summed E-state index contributed by atoms with van der Waals surface area (Å²) in [5, 5.41) is 6.98. The number of nitrogens with one attached hydrogen (secondary N) is 2. The van der Waals surface area contributed by atoms with Gasteiger partial charge >= 0.3 is 5.97 Å². The first-order chi connectivity index (χ1) is 13.1. The third kappa shape index (κ3) is 4.54. The topological polar surface area (TPSA) is 76.1 Å². The molecular weight excluding hydrogens is 364 g/mol. The molecule has 3 rings (SSSR count). The predicted octanol–water partition coefficient (Wildman–Crippen LogP) is 5.10. The Morgan fingerprint density at radius 3 is 2.67 bits per heavy atom. The van der Waals surface area contributed by atoms with Crippen LogP contribution in [0.3, 0.4) is 0 Å². The molecule has 2 N–H and O–H groups in total. The molecule has 3 aromatic rings. The molecule has 0 spiro atoms. The van der Waals surface area contributed by atoms with Gasteiger partial charge in [-0.3, -0.25) is 0 Å². The second kappa shape index (κ2) is 8.51. The molecule has 0 aliphatic carbocycles. The largest absolute Gasteiger partial charge is 0.462 e. The van der Waals surface area contributed by atoms with Gasteiger partial charge in [0.25, 0.3) is 0 Å². The molecule has 2 aromatic carbocycles. The van der Waals surface area contributed by atoms with Gasteiger partial charge in [0, 0.05) is 16.9 Å². The van der Waals surface area contributed by atoms with Crippen LogP contribution in [0.25, 0.3) is 0 Å². The van der Waals surface area contributed by atoms with E-state index in [0.29, 0.717) is 34.6 Å². The van der Waals surface area contributed by atoms with Crippen molar-refractivity contribution in [1.82, 2.24) is 9.97 Å². The lowest BCUT2D eigenvalue weighted by Gasteiger charge is -2.12. The van der Waals surface area contributed by atoms with Gasteiger partial charge in [0.15, 0.2) is 0 Å². The lowest BCUT2D eigenvalue weighted by atomic mass is 10.2. The van der Waals surface area contributed by atoms with Gasteiger partial charge in [-0.2, -0.15) is 4.98 Å². The second-order valence-corrected chi connectivity index (χ2v) is 6.10. The summed E-state index contributed by atoms with van der Waals surface area (Å²) in [5.41, 5.74) is 2.79. The summed E-state index contributed by atoms with van der Waals surface area (Å²) in [4.78, 5) is 20.8. The summed E-state index contributed by atoms with van der Waals surface area (Å²) in [6.07, 6.45) is 1.63. The number of rotatable bonds is 6. The highest BCUT2D eigenvalue weighted by Gasteiger charge is 2.13. The summed E-state index contributed by atoms with van der Waals surface area (Å²) in [6.45, 7) is 4.01. The standard InChI is InChI=1S/C20H19ClN4O2/c1-3-27-19(26)14-7-4-5-9-17(14)24-20-22-12-11-18(25-20)23-16-10-6-8-15(21)13(16)2/h4-12H,3H2,1-2H3,(H2,22,23,24,25). The van der Waals surface area contributed by atoms with E-state index in [9.17, 15) is 4.79 Å². The number of carbonyl (C=O) groups is 1. The Labute approximate surface area is 162 Å². The van der Waals surface area contributed by atoms with E-state index < -0.39 is 5.97 Å². The lowest BCUT2D eigenvalue weighted by Crippen LogP contribution is -2.09. The molecule has 0 saturated carbocycles. The number of esters is 1. The van der Waals surface area contributed by atoms with Crippen molar-refractivity contribution >= 4 is 40.7 Å². The van der Waals surface area contributed by atoms with Crippen molar-refractivity contribution in [1.29, 1.82) is 0 Å². The first kappa shape index (κ1) is 18.7. The molecule has 0 aliphatic rings. The molecular formula is C20H19ClN4O2. The minimum Gasteiger partial charge on any atom is -0.462 e. The minimum atomic E-state index is -0.399. The van der Waals surface area contributed by atoms with E-state index >= 15 is 0 Å². The second-order valence-electron chi connectivity index (χ2n) is 5.69. The van der Waals surface area contributed by atoms with Crippen LogP contribution >= 0.6 is 11.6 Å². The highest BCUT2D eigenvalue weighted by molar-refractivity contribution is 6.31. The van der Waals surface area contributed by atoms with E-state index in [2.05, 4.69) is 20.6 Å². The van der Waals surface area contributed by atoms with Crippen LogP contribution in [-0.4, -0.2) is 22.5 Å². The number of carbonyl (C=O) groups excluding carboxylic acids is 1. The molecule has 0 unspecified atom stereocenters. The maximum atomic E-state index is 12.1. The van der Waals surface area contributed by atoms with E-state index in [4.69, 9.17) is 16.3 Å². The Balaban J connectivity index is 1.83. The van der Waals surface area contributed by atoms with E-state index in [0.717, 1.165) is 11.3 Å². The predicted molar refractivity (Wildman–Crippen MR) is 107 cm³/mol. The number of benzene rings is 2. The molecule has 0 atom stereocenters. The highest BCUT2D eigenvalue weighted by Crippen LogP contribution is 2.26. The van der Waals surface area contributed by atoms with Crippen molar-refractivity contribution in [3.8, 4) is 0 Å². The number of ether oxygens (including phenoxy) is 1. The molecule has 7 heteroatoms. The SMILES string of the molecule is CCOC(=O)c1ccccc1Nc1nccc(Nc2cccc(Cl)c2C)n1. The van der Waals surface area contributed by atoms with Crippen LogP contribution in [0, 0.1) is 6.92 Å². The van der Waals surface area contributed by atoms with Gasteiger partial charge in [-0.25, -0.2) is 9.78 Å². The van der Waals surface area contributed by atoms with Crippen molar-refractivity contribution in [2.45, 2.75) is 13.8 Å². The maximum absolute atomic E-state index is 12.1. The summed E-state index contributed by atoms with van der Waals surface area (Å²) in [7, 11) is 0. The molecule has 0 amide bonds. The van der Waals surface area contributed by atoms with Crippen molar-refractivity contribution in [2.24, 2.45) is 0 Å². The highest BCUT2D eigenvalue weighted by atomic mass is 35.5. The summed E-state index contributed by atoms with van der Waals surface area (Å²) < 4.78 is 5.09. The number of para-hydroxylation sites is 1. The number of hydrogen-bond donors (Lipinski definition) is 2. The average Bonchev–Trinajstić information content (AvgIpc) is 2.66. The Bertz CT molecular complexity index is 962. The van der Waals surface area contributed by atoms with Crippen LogP contribution in [0.5, 0.6) is 0 Å². The van der Waals surface area contributed by atoms with E-state index in [-0.39, 0.29) is 0 Å². The van der Waals surface area contributed by atoms with Crippen LogP contribution < -0.4 is 10.6 Å². The van der Waals surface area contributed by atoms with E-state index in [1.54, 1.807) is 37.4 Å². The first-order valence-electron chi connectivity index (χ1n) is 8.47. The maximum Gasteiger partial charge on any atom is 0.340 e. The van der Waals surface area contributed by atoms with Crippen LogP contribution in [0.4, 0.5) is 23.1 Å². The lowest BCUT2D eigenvalue weighted by molar-refractivity contribution is 0.0527. The molecule has 27 heavy (non-hydrogen) atoms. The smallest absolute Gasteiger partial charge is 0.340 e. The molecule has 0 fully saturated rings. The van der Waals surface area contributed by atoms with E-state index in [1.165, 1.54) is 0 Å². The van der Waals surface area contributed by atoms with Crippen LogP contribution in [0.1, 0.15) is 22.8 Å². The van der Waals surface area contributed by atoms with Gasteiger partial charge in [-0.15, -0.1) is 0 Å². The fraction of sp³-hybridized carbons (Fsp3) is 0.150. The van der Waals surface area contributed by atoms with Gasteiger partial charge in [0.2, 0.25) is 5.95 Å². The van der Waals surface area contributed by atoms with Crippen LogP contribution in [0.2, 0.25) is 5.02 Å². The Morgan fingerprint density at radius 2 is 1.85 bits per heavy atom. The first-order valence-corrected chi connectivity index (χ1v) is 8.84. The molecule has 0 aliphatic heterocycles. The minimum absolute atomic E-state index is 0.308. The molecule has 138 valence electrons. The van der Waals surface area contributed by atoms with Crippen molar-refractivity contribution in [2.75, 3.05) is 17.2 Å². The summed E-state index contributed by atoms with van der Waals surface area (Å²) in [5.74, 6) is 0.562. The van der Waals surface area contributed by atoms with Gasteiger partial charge in [0.05, 0.1) is 17.9 Å². The van der Waals surface area contributed by atoms with Crippen LogP contribution in [0.15, 0.2) is 54.7 Å². The monoisotopic (exact) mass is 382 g/mol. The zero-order valence-electron chi connectivity index (χ0n) is 15.0. The fourth-order valence-corrected chi connectivity index (χ4v) is 2.64. The molecule has 6 nitrogen and oxygen atoms in total. The third-order valence-electron chi connectivity index (χ3n) is 3.85. The summed E-state index contributed by atoms with van der Waals surface area (Å²) in [6, 6.07) is 14.4. The zero-order valence-corrected chi connectivity index (χ0v) is 15.7. The van der Waals surface area contributed by atoms with Crippen molar-refractivity contribution < 1.29 is 9.53 Å². The molecule has 0 radical (unpaired) electrons. The molecule has 1 aromatic heterocycles. The van der Waals surface area contributed by atoms with E-state index in [1.807, 2.05) is 31.2 Å². The van der Waals surface area contributed by atoms with Crippen molar-refractivity contribution in [3.05, 3.63) is 70.9 Å². The quantitative estimate of drug-likeness (QED) is 0.577.